The van der Waals surface area contributed by atoms with Crippen molar-refractivity contribution in [3.63, 3.8) is 0 Å². The monoisotopic (exact) mass is 418 g/mol. The second kappa shape index (κ2) is 7.50. The number of hydrogen-bond acceptors (Lipinski definition) is 4. The molecule has 2 aliphatic rings. The summed E-state index contributed by atoms with van der Waals surface area (Å²) in [5.74, 6) is 0.0124. The fourth-order valence-electron chi connectivity index (χ4n) is 4.19. The van der Waals surface area contributed by atoms with Gasteiger partial charge in [-0.25, -0.2) is 8.42 Å². The number of halogens is 1. The zero-order valence-corrected chi connectivity index (χ0v) is 17.3. The average Bonchev–Trinajstić information content (AvgIpc) is 2.98. The Morgan fingerprint density at radius 1 is 1.07 bits per heavy atom. The predicted molar refractivity (Wildman–Crippen MR) is 112 cm³/mol. The molecule has 0 spiro atoms. The third-order valence-electron chi connectivity index (χ3n) is 5.67. The van der Waals surface area contributed by atoms with Crippen LogP contribution in [0.4, 0.5) is 5.69 Å². The van der Waals surface area contributed by atoms with Gasteiger partial charge in [-0.3, -0.25) is 9.69 Å². The first-order chi connectivity index (χ1) is 13.3. The van der Waals surface area contributed by atoms with Crippen LogP contribution >= 0.6 is 11.6 Å². The Labute approximate surface area is 170 Å². The molecule has 2 atom stereocenters. The fourth-order valence-corrected chi connectivity index (χ4v) is 6.34. The Balaban J connectivity index is 1.61. The number of anilines is 1. The van der Waals surface area contributed by atoms with E-state index in [2.05, 4.69) is 12.1 Å². The SMILES string of the molecule is Cc1ccc(N2C(=O)CN(CCc3ccccc3)C3CS(=O)(=O)CC32)cc1Cl. The van der Waals surface area contributed by atoms with Crippen LogP contribution in [0.3, 0.4) is 0 Å². The summed E-state index contributed by atoms with van der Waals surface area (Å²) in [5, 5.41) is 0.578. The number of nitrogens with zero attached hydrogens (tertiary/aromatic N) is 2. The Morgan fingerprint density at radius 3 is 2.50 bits per heavy atom. The van der Waals surface area contributed by atoms with E-state index in [0.717, 1.165) is 12.0 Å². The number of amides is 1. The number of carbonyl (C=O) groups excluding carboxylic acids is 1. The minimum absolute atomic E-state index is 0.00323. The lowest BCUT2D eigenvalue weighted by Gasteiger charge is -2.43. The third kappa shape index (κ3) is 3.81. The van der Waals surface area contributed by atoms with Crippen molar-refractivity contribution in [3.05, 3.63) is 64.7 Å². The standard InChI is InChI=1S/C21H23ClN2O3S/c1-15-7-8-17(11-18(15)22)24-20-14-28(26,27)13-19(20)23(12-21(24)25)10-9-16-5-3-2-4-6-16/h2-8,11,19-20H,9-10,12-14H2,1H3. The highest BCUT2D eigenvalue weighted by Crippen LogP contribution is 2.33. The molecule has 28 heavy (non-hydrogen) atoms. The minimum atomic E-state index is -3.20. The third-order valence-corrected chi connectivity index (χ3v) is 7.77. The van der Waals surface area contributed by atoms with Crippen LogP contribution in [-0.4, -0.2) is 55.9 Å². The molecule has 5 nitrogen and oxygen atoms in total. The molecule has 7 heteroatoms. The smallest absolute Gasteiger partial charge is 0.241 e. The lowest BCUT2D eigenvalue weighted by atomic mass is 10.0. The zero-order chi connectivity index (χ0) is 19.9. The summed E-state index contributed by atoms with van der Waals surface area (Å²) in [6.45, 7) is 2.78. The first kappa shape index (κ1) is 19.4. The highest BCUT2D eigenvalue weighted by atomic mass is 35.5. The van der Waals surface area contributed by atoms with Gasteiger partial charge >= 0.3 is 0 Å². The van der Waals surface area contributed by atoms with Gasteiger partial charge in [0.25, 0.3) is 0 Å². The quantitative estimate of drug-likeness (QED) is 0.766. The largest absolute Gasteiger partial charge is 0.306 e. The number of fused-ring (bicyclic) bond motifs is 1. The van der Waals surface area contributed by atoms with Crippen LogP contribution in [0.2, 0.25) is 5.02 Å². The van der Waals surface area contributed by atoms with E-state index in [9.17, 15) is 13.2 Å². The highest BCUT2D eigenvalue weighted by molar-refractivity contribution is 7.91. The molecule has 148 valence electrons. The molecule has 2 saturated heterocycles. The van der Waals surface area contributed by atoms with Gasteiger partial charge in [0, 0.05) is 23.3 Å². The maximum atomic E-state index is 13.0. The van der Waals surface area contributed by atoms with Gasteiger partial charge in [-0.05, 0) is 36.6 Å². The van der Waals surface area contributed by atoms with E-state index >= 15 is 0 Å². The van der Waals surface area contributed by atoms with Crippen molar-refractivity contribution in [2.75, 3.05) is 29.5 Å². The van der Waals surface area contributed by atoms with E-state index in [1.807, 2.05) is 42.2 Å². The zero-order valence-electron chi connectivity index (χ0n) is 15.7. The van der Waals surface area contributed by atoms with Crippen LogP contribution in [0.15, 0.2) is 48.5 Å². The van der Waals surface area contributed by atoms with Crippen molar-refractivity contribution in [3.8, 4) is 0 Å². The molecule has 0 aliphatic carbocycles. The maximum Gasteiger partial charge on any atom is 0.241 e. The molecule has 2 fully saturated rings. The Hall–Kier alpha value is -1.89. The lowest BCUT2D eigenvalue weighted by molar-refractivity contribution is -0.123. The van der Waals surface area contributed by atoms with Crippen LogP contribution in [0.1, 0.15) is 11.1 Å². The van der Waals surface area contributed by atoms with Crippen LogP contribution < -0.4 is 4.90 Å². The number of benzene rings is 2. The number of sulfone groups is 1. The molecule has 2 aromatic rings. The second-order valence-electron chi connectivity index (χ2n) is 7.61. The summed E-state index contributed by atoms with van der Waals surface area (Å²) in [6, 6.07) is 15.0. The van der Waals surface area contributed by atoms with E-state index in [-0.39, 0.29) is 36.0 Å². The van der Waals surface area contributed by atoms with Crippen molar-refractivity contribution in [1.29, 1.82) is 0 Å². The van der Waals surface area contributed by atoms with Gasteiger partial charge in [-0.2, -0.15) is 0 Å². The van der Waals surface area contributed by atoms with Gasteiger partial charge in [-0.1, -0.05) is 48.0 Å². The van der Waals surface area contributed by atoms with Crippen LogP contribution in [0.5, 0.6) is 0 Å². The Morgan fingerprint density at radius 2 is 1.79 bits per heavy atom. The molecule has 2 heterocycles. The number of hydrogen-bond donors (Lipinski definition) is 0. The van der Waals surface area contributed by atoms with E-state index in [1.165, 1.54) is 5.56 Å². The predicted octanol–water partition coefficient (Wildman–Crippen LogP) is 2.71. The lowest BCUT2D eigenvalue weighted by Crippen LogP contribution is -2.62. The summed E-state index contributed by atoms with van der Waals surface area (Å²) in [7, 11) is -3.20. The Kier molecular flexibility index (Phi) is 5.21. The minimum Gasteiger partial charge on any atom is -0.306 e. The van der Waals surface area contributed by atoms with E-state index in [0.29, 0.717) is 17.3 Å². The summed E-state index contributed by atoms with van der Waals surface area (Å²) in [5.41, 5.74) is 2.78. The van der Waals surface area contributed by atoms with Gasteiger partial charge in [0.2, 0.25) is 5.91 Å². The van der Waals surface area contributed by atoms with Gasteiger partial charge in [0.05, 0.1) is 24.1 Å². The summed E-state index contributed by atoms with van der Waals surface area (Å²) >= 11 is 6.26. The number of carbonyl (C=O) groups is 1. The molecular formula is C21H23ClN2O3S. The molecule has 2 unspecified atom stereocenters. The molecular weight excluding hydrogens is 396 g/mol. The molecule has 0 bridgehead atoms. The van der Waals surface area contributed by atoms with Crippen LogP contribution in [0, 0.1) is 6.92 Å². The number of rotatable bonds is 4. The van der Waals surface area contributed by atoms with Gasteiger partial charge in [0.15, 0.2) is 9.84 Å². The van der Waals surface area contributed by atoms with Gasteiger partial charge < -0.3 is 4.90 Å². The topological polar surface area (TPSA) is 57.7 Å². The fraction of sp³-hybridized carbons (Fsp3) is 0.381. The van der Waals surface area contributed by atoms with E-state index in [4.69, 9.17) is 11.6 Å². The van der Waals surface area contributed by atoms with Crippen molar-refractivity contribution in [2.45, 2.75) is 25.4 Å². The normalized spacial score (nSPS) is 24.4. The molecule has 0 radical (unpaired) electrons. The van der Waals surface area contributed by atoms with Crippen molar-refractivity contribution >= 4 is 33.0 Å². The van der Waals surface area contributed by atoms with Gasteiger partial charge in [0.1, 0.15) is 0 Å². The van der Waals surface area contributed by atoms with Crippen LogP contribution in [-0.2, 0) is 21.1 Å². The van der Waals surface area contributed by atoms with E-state index < -0.39 is 9.84 Å². The van der Waals surface area contributed by atoms with Gasteiger partial charge in [-0.15, -0.1) is 0 Å². The van der Waals surface area contributed by atoms with Crippen LogP contribution in [0.25, 0.3) is 0 Å². The average molecular weight is 419 g/mol. The van der Waals surface area contributed by atoms with Crippen molar-refractivity contribution < 1.29 is 13.2 Å². The summed E-state index contributed by atoms with van der Waals surface area (Å²) < 4.78 is 24.9. The summed E-state index contributed by atoms with van der Waals surface area (Å²) in [6.07, 6.45) is 0.785. The molecule has 1 amide bonds. The second-order valence-corrected chi connectivity index (χ2v) is 10.2. The molecule has 2 aliphatic heterocycles. The molecule has 0 N–H and O–H groups in total. The molecule has 2 aromatic carbocycles. The summed E-state index contributed by atoms with van der Waals surface area (Å²) in [4.78, 5) is 16.7. The Bertz CT molecular complexity index is 994. The molecule has 0 saturated carbocycles. The number of piperazine rings is 1. The first-order valence-electron chi connectivity index (χ1n) is 9.41. The van der Waals surface area contributed by atoms with E-state index in [1.54, 1.807) is 11.0 Å². The number of aryl methyl sites for hydroxylation is 1. The maximum absolute atomic E-state index is 13.0. The first-order valence-corrected chi connectivity index (χ1v) is 11.6. The van der Waals surface area contributed by atoms with Crippen molar-refractivity contribution in [1.82, 2.24) is 4.90 Å². The molecule has 4 rings (SSSR count). The highest BCUT2D eigenvalue weighted by Gasteiger charge is 2.49. The van der Waals surface area contributed by atoms with Crippen molar-refractivity contribution in [2.24, 2.45) is 0 Å². The molecule has 0 aromatic heterocycles.